The molecule has 1 amide bonds. The molecule has 8 atom stereocenters. The first-order chi connectivity index (χ1) is 19.2. The van der Waals surface area contributed by atoms with E-state index >= 15 is 0 Å². The highest BCUT2D eigenvalue weighted by Crippen LogP contribution is 2.68. The first-order valence-corrected chi connectivity index (χ1v) is 18.3. The van der Waals surface area contributed by atoms with Gasteiger partial charge >= 0.3 is 0 Å². The van der Waals surface area contributed by atoms with Gasteiger partial charge in [-0.1, -0.05) is 91.3 Å². The molecule has 1 heterocycles. The van der Waals surface area contributed by atoms with E-state index in [4.69, 9.17) is 10.2 Å². The molecule has 0 N–H and O–H groups in total. The number of hydrogen-bond acceptors (Lipinski definition) is 4. The van der Waals surface area contributed by atoms with Crippen molar-refractivity contribution in [1.82, 2.24) is 4.90 Å². The van der Waals surface area contributed by atoms with E-state index in [-0.39, 0.29) is 5.91 Å². The molecule has 6 rings (SSSR count). The van der Waals surface area contributed by atoms with E-state index in [0.29, 0.717) is 28.5 Å². The van der Waals surface area contributed by atoms with Crippen LogP contribution in [0, 0.1) is 52.3 Å². The minimum absolute atomic E-state index is 0.254. The maximum absolute atomic E-state index is 12.8. The summed E-state index contributed by atoms with van der Waals surface area (Å²) < 4.78 is 0. The fourth-order valence-corrected chi connectivity index (χ4v) is 12.2. The van der Waals surface area contributed by atoms with Crippen molar-refractivity contribution in [2.24, 2.45) is 62.5 Å². The van der Waals surface area contributed by atoms with E-state index < -0.39 is 0 Å². The lowest BCUT2D eigenvalue weighted by Gasteiger charge is -2.60. The highest BCUT2D eigenvalue weighted by molar-refractivity contribution is 8.15. The third-order valence-corrected chi connectivity index (χ3v) is 14.3. The lowest BCUT2D eigenvalue weighted by Crippen LogP contribution is -2.56. The second-order valence-electron chi connectivity index (χ2n) is 15.9. The molecule has 1 aliphatic heterocycles. The Kier molecular flexibility index (Phi) is 8.54. The number of rotatable bonds is 7. The quantitative estimate of drug-likeness (QED) is 0.288. The fraction of sp³-hybridized carbons (Fsp3) is 0.914. The second-order valence-corrected chi connectivity index (χ2v) is 16.8. The summed E-state index contributed by atoms with van der Waals surface area (Å²) in [7, 11) is 0. The van der Waals surface area contributed by atoms with Gasteiger partial charge in [0.05, 0.1) is 5.75 Å². The third kappa shape index (κ3) is 5.15. The van der Waals surface area contributed by atoms with Gasteiger partial charge in [0, 0.05) is 17.7 Å². The Balaban J connectivity index is 1.25. The van der Waals surface area contributed by atoms with Crippen LogP contribution in [0.2, 0.25) is 0 Å². The van der Waals surface area contributed by atoms with Crippen molar-refractivity contribution in [2.45, 2.75) is 143 Å². The molecule has 5 saturated carbocycles. The van der Waals surface area contributed by atoms with Gasteiger partial charge in [-0.2, -0.15) is 5.10 Å². The van der Waals surface area contributed by atoms with Crippen LogP contribution in [0.1, 0.15) is 137 Å². The first-order valence-electron chi connectivity index (χ1n) is 17.3. The minimum atomic E-state index is 0.254. The highest BCUT2D eigenvalue weighted by Gasteiger charge is 2.61. The number of nitrogens with zero attached hydrogens (tertiary/aromatic N) is 3. The van der Waals surface area contributed by atoms with Crippen LogP contribution in [-0.2, 0) is 4.79 Å². The molecule has 0 unspecified atom stereocenters. The zero-order chi connectivity index (χ0) is 28.1. The Hall–Kier alpha value is -0.840. The molecule has 6 aliphatic rings. The summed E-state index contributed by atoms with van der Waals surface area (Å²) in [5.74, 6) is 6.43. The zero-order valence-corrected chi connectivity index (χ0v) is 27.1. The van der Waals surface area contributed by atoms with Gasteiger partial charge in [0.1, 0.15) is 0 Å². The van der Waals surface area contributed by atoms with Crippen molar-refractivity contribution in [3.05, 3.63) is 0 Å². The Bertz CT molecular complexity index is 1000. The van der Waals surface area contributed by atoms with Crippen LogP contribution in [0.3, 0.4) is 0 Å². The van der Waals surface area contributed by atoms with Gasteiger partial charge in [0.25, 0.3) is 0 Å². The Morgan fingerprint density at radius 2 is 1.62 bits per heavy atom. The smallest absolute Gasteiger partial charge is 0.239 e. The molecule has 5 heteroatoms. The van der Waals surface area contributed by atoms with Gasteiger partial charge in [-0.05, 0) is 104 Å². The molecule has 0 aromatic carbocycles. The summed E-state index contributed by atoms with van der Waals surface area (Å²) in [6.45, 7) is 12.7. The number of amides is 1. The maximum Gasteiger partial charge on any atom is 0.239 e. The topological polar surface area (TPSA) is 45.0 Å². The number of amidine groups is 1. The van der Waals surface area contributed by atoms with Gasteiger partial charge in [0.2, 0.25) is 5.91 Å². The van der Waals surface area contributed by atoms with Crippen molar-refractivity contribution < 1.29 is 4.79 Å². The summed E-state index contributed by atoms with van der Waals surface area (Å²) in [6, 6.07) is 0.356. The number of thioether (sulfide) groups is 1. The highest BCUT2D eigenvalue weighted by atomic mass is 32.2. The Labute approximate surface area is 249 Å². The minimum Gasteiger partial charge on any atom is -0.286 e. The number of hydrogen-bond donors (Lipinski definition) is 0. The lowest BCUT2D eigenvalue weighted by atomic mass is 9.44. The monoisotopic (exact) mass is 567 g/mol. The van der Waals surface area contributed by atoms with Crippen molar-refractivity contribution in [1.29, 1.82) is 0 Å². The van der Waals surface area contributed by atoms with Crippen LogP contribution in [0.5, 0.6) is 0 Å². The first kappa shape index (κ1) is 29.2. The Morgan fingerprint density at radius 3 is 2.40 bits per heavy atom. The standard InChI is InChI=1S/C35H57N3OS/c1-23(2)11-10-12-24(3)27-16-17-28-26-21-31(36-37-33-38(32(39)22-40-33)25-13-6-7-14-25)30-15-8-9-19-34(30,4)29(26)18-20-35(27,28)5/h23-30H,6-22H2,1-5H3/b36-31+,37-33-/t24-,26+,27-,28+,29+,30-,34-,35-/m1/s1. The van der Waals surface area contributed by atoms with E-state index in [1.54, 1.807) is 11.8 Å². The van der Waals surface area contributed by atoms with Crippen molar-refractivity contribution in [2.75, 3.05) is 5.75 Å². The summed E-state index contributed by atoms with van der Waals surface area (Å²) in [6.07, 6.45) is 21.2. The van der Waals surface area contributed by atoms with Crippen LogP contribution in [0.4, 0.5) is 0 Å². The fourth-order valence-electron chi connectivity index (χ4n) is 11.3. The summed E-state index contributed by atoms with van der Waals surface area (Å²) in [5.41, 5.74) is 2.28. The summed E-state index contributed by atoms with van der Waals surface area (Å²) >= 11 is 1.63. The van der Waals surface area contributed by atoms with E-state index in [0.717, 1.165) is 53.5 Å². The molecule has 5 aliphatic carbocycles. The largest absolute Gasteiger partial charge is 0.286 e. The van der Waals surface area contributed by atoms with Gasteiger partial charge in [-0.3, -0.25) is 9.69 Å². The number of fused-ring (bicyclic) bond motifs is 5. The third-order valence-electron chi connectivity index (χ3n) is 13.3. The van der Waals surface area contributed by atoms with Crippen LogP contribution >= 0.6 is 11.8 Å². The maximum atomic E-state index is 12.8. The van der Waals surface area contributed by atoms with Gasteiger partial charge in [-0.25, -0.2) is 0 Å². The second kappa shape index (κ2) is 11.7. The van der Waals surface area contributed by atoms with Crippen LogP contribution in [0.15, 0.2) is 10.2 Å². The predicted octanol–water partition coefficient (Wildman–Crippen LogP) is 9.34. The summed E-state index contributed by atoms with van der Waals surface area (Å²) in [5, 5.41) is 11.0. The summed E-state index contributed by atoms with van der Waals surface area (Å²) in [4.78, 5) is 14.8. The van der Waals surface area contributed by atoms with Crippen molar-refractivity contribution >= 4 is 28.5 Å². The molecule has 0 radical (unpaired) electrons. The number of carbonyl (C=O) groups is 1. The molecule has 6 fully saturated rings. The van der Waals surface area contributed by atoms with E-state index in [1.165, 1.54) is 95.6 Å². The van der Waals surface area contributed by atoms with E-state index in [9.17, 15) is 4.79 Å². The molecule has 40 heavy (non-hydrogen) atoms. The molecule has 0 bridgehead atoms. The normalized spacial score (nSPS) is 43.0. The average molecular weight is 568 g/mol. The van der Waals surface area contributed by atoms with E-state index in [1.807, 2.05) is 4.90 Å². The molecule has 4 nitrogen and oxygen atoms in total. The number of carbonyl (C=O) groups excluding carboxylic acids is 1. The Morgan fingerprint density at radius 1 is 0.875 bits per heavy atom. The van der Waals surface area contributed by atoms with Gasteiger partial charge in [0.15, 0.2) is 5.17 Å². The van der Waals surface area contributed by atoms with Crippen LogP contribution in [0.25, 0.3) is 0 Å². The lowest BCUT2D eigenvalue weighted by molar-refractivity contribution is -0.125. The molecular formula is C35H57N3OS. The molecule has 1 saturated heterocycles. The molecule has 224 valence electrons. The zero-order valence-electron chi connectivity index (χ0n) is 26.3. The molecule has 0 spiro atoms. The van der Waals surface area contributed by atoms with E-state index in [2.05, 4.69) is 34.6 Å². The SMILES string of the molecule is CC(C)CCC[C@@H](C)[C@H]1CC[C@H]2[C@@H]3C/C(=N\N=C4/SCC(=O)N4C4CCCC4)[C@H]4CCCC[C@]4(C)[C@H]3CC[C@]12C. The van der Waals surface area contributed by atoms with Gasteiger partial charge < -0.3 is 0 Å². The molecular weight excluding hydrogens is 510 g/mol. The van der Waals surface area contributed by atoms with Crippen molar-refractivity contribution in [3.8, 4) is 0 Å². The van der Waals surface area contributed by atoms with Crippen molar-refractivity contribution in [3.63, 3.8) is 0 Å². The molecule has 0 aromatic rings. The predicted molar refractivity (Wildman–Crippen MR) is 169 cm³/mol. The van der Waals surface area contributed by atoms with Crippen LogP contribution in [-0.4, -0.2) is 33.5 Å². The molecule has 0 aromatic heterocycles. The van der Waals surface area contributed by atoms with Gasteiger partial charge in [-0.15, -0.1) is 5.10 Å². The average Bonchev–Trinajstić information content (AvgIpc) is 3.65. The van der Waals surface area contributed by atoms with Crippen LogP contribution < -0.4 is 0 Å².